The summed E-state index contributed by atoms with van der Waals surface area (Å²) in [7, 11) is 0. The molecule has 0 saturated heterocycles. The van der Waals surface area contributed by atoms with E-state index >= 15 is 0 Å². The molecule has 1 unspecified atom stereocenters. The molecular formula is C18H19BrO. The van der Waals surface area contributed by atoms with Crippen LogP contribution in [-0.4, -0.2) is 5.11 Å². The fourth-order valence-electron chi connectivity index (χ4n) is 2.79. The third-order valence-electron chi connectivity index (χ3n) is 4.43. The third kappa shape index (κ3) is 2.55. The molecule has 0 heterocycles. The van der Waals surface area contributed by atoms with Gasteiger partial charge in [0, 0.05) is 4.47 Å². The molecule has 3 rings (SSSR count). The van der Waals surface area contributed by atoms with E-state index in [0.29, 0.717) is 0 Å². The van der Waals surface area contributed by atoms with Crippen LogP contribution in [0.25, 0.3) is 0 Å². The molecule has 1 saturated carbocycles. The minimum absolute atomic E-state index is 0.553. The van der Waals surface area contributed by atoms with Crippen LogP contribution in [0.2, 0.25) is 0 Å². The van der Waals surface area contributed by atoms with Crippen molar-refractivity contribution in [3.05, 3.63) is 69.2 Å². The van der Waals surface area contributed by atoms with Crippen molar-refractivity contribution in [2.45, 2.75) is 38.2 Å². The number of benzene rings is 2. The number of hydrogen-bond acceptors (Lipinski definition) is 1. The number of rotatable bonds is 3. The van der Waals surface area contributed by atoms with Gasteiger partial charge in [-0.15, -0.1) is 0 Å². The van der Waals surface area contributed by atoms with Gasteiger partial charge in [0.15, 0.2) is 0 Å². The van der Waals surface area contributed by atoms with E-state index in [-0.39, 0.29) is 0 Å². The molecule has 1 nitrogen and oxygen atoms in total. The maximum atomic E-state index is 10.6. The molecule has 0 spiro atoms. The molecule has 2 aromatic carbocycles. The Balaban J connectivity index is 1.86. The Labute approximate surface area is 128 Å². The van der Waals surface area contributed by atoms with Gasteiger partial charge in [-0.3, -0.25) is 0 Å². The fraction of sp³-hybridized carbons (Fsp3) is 0.333. The molecular weight excluding hydrogens is 312 g/mol. The first-order valence-corrected chi connectivity index (χ1v) is 7.99. The first-order chi connectivity index (χ1) is 9.66. The highest BCUT2D eigenvalue weighted by atomic mass is 79.9. The average molecular weight is 331 g/mol. The maximum absolute atomic E-state index is 10.6. The molecule has 2 aromatic rings. The normalized spacial score (nSPS) is 16.8. The second-order valence-electron chi connectivity index (χ2n) is 5.65. The third-order valence-corrected chi connectivity index (χ3v) is 5.29. The maximum Gasteiger partial charge on any atom is 0.104 e. The Hall–Kier alpha value is -1.12. The predicted octanol–water partition coefficient (Wildman–Crippen LogP) is 5.11. The van der Waals surface area contributed by atoms with E-state index < -0.39 is 6.10 Å². The van der Waals surface area contributed by atoms with Gasteiger partial charge in [0.05, 0.1) is 0 Å². The van der Waals surface area contributed by atoms with Crippen molar-refractivity contribution in [3.63, 3.8) is 0 Å². The average Bonchev–Trinajstić information content (AvgIpc) is 2.40. The summed E-state index contributed by atoms with van der Waals surface area (Å²) in [4.78, 5) is 0. The van der Waals surface area contributed by atoms with Crippen molar-refractivity contribution >= 4 is 15.9 Å². The van der Waals surface area contributed by atoms with Gasteiger partial charge < -0.3 is 5.11 Å². The van der Waals surface area contributed by atoms with Crippen LogP contribution < -0.4 is 0 Å². The molecule has 20 heavy (non-hydrogen) atoms. The van der Waals surface area contributed by atoms with Crippen molar-refractivity contribution in [3.8, 4) is 0 Å². The molecule has 1 atom stereocenters. The molecule has 0 amide bonds. The number of halogens is 1. The van der Waals surface area contributed by atoms with Crippen molar-refractivity contribution in [2.24, 2.45) is 0 Å². The molecule has 0 radical (unpaired) electrons. The topological polar surface area (TPSA) is 20.2 Å². The number of aliphatic hydroxyl groups excluding tert-OH is 1. The molecule has 1 aliphatic carbocycles. The zero-order valence-corrected chi connectivity index (χ0v) is 13.2. The van der Waals surface area contributed by atoms with Gasteiger partial charge in [-0.05, 0) is 54.0 Å². The van der Waals surface area contributed by atoms with E-state index in [0.717, 1.165) is 27.1 Å². The van der Waals surface area contributed by atoms with E-state index in [4.69, 9.17) is 0 Å². The summed E-state index contributed by atoms with van der Waals surface area (Å²) in [6.45, 7) is 2.03. The zero-order valence-electron chi connectivity index (χ0n) is 11.6. The molecule has 0 bridgehead atoms. The molecule has 0 aliphatic heterocycles. The van der Waals surface area contributed by atoms with Crippen molar-refractivity contribution in [2.75, 3.05) is 0 Å². The summed E-state index contributed by atoms with van der Waals surface area (Å²) >= 11 is 3.52. The van der Waals surface area contributed by atoms with Crippen molar-refractivity contribution < 1.29 is 5.11 Å². The minimum Gasteiger partial charge on any atom is -0.384 e. The van der Waals surface area contributed by atoms with Crippen LogP contribution in [-0.2, 0) is 0 Å². The van der Waals surface area contributed by atoms with Gasteiger partial charge in [0.2, 0.25) is 0 Å². The summed E-state index contributed by atoms with van der Waals surface area (Å²) in [6.07, 6.45) is 3.42. The second-order valence-corrected chi connectivity index (χ2v) is 6.51. The van der Waals surface area contributed by atoms with Crippen LogP contribution in [0.1, 0.15) is 53.5 Å². The largest absolute Gasteiger partial charge is 0.384 e. The highest BCUT2D eigenvalue weighted by Gasteiger charge is 2.20. The first kappa shape index (κ1) is 13.8. The summed E-state index contributed by atoms with van der Waals surface area (Å²) in [5.41, 5.74) is 4.45. The van der Waals surface area contributed by atoms with Crippen molar-refractivity contribution in [1.82, 2.24) is 0 Å². The SMILES string of the molecule is Cc1c(Br)cccc1C(O)c1ccc(C2CCC2)cc1. The lowest BCUT2D eigenvalue weighted by Gasteiger charge is -2.26. The van der Waals surface area contributed by atoms with Crippen LogP contribution in [0.4, 0.5) is 0 Å². The highest BCUT2D eigenvalue weighted by Crippen LogP contribution is 2.37. The first-order valence-electron chi connectivity index (χ1n) is 7.20. The standard InChI is InChI=1S/C18H19BrO/c1-12-16(6-3-7-17(12)19)18(20)15-10-8-14(9-11-15)13-4-2-5-13/h3,6-11,13,18,20H,2,4-5H2,1H3. The second kappa shape index (κ2) is 5.71. The Morgan fingerprint density at radius 2 is 1.80 bits per heavy atom. The smallest absolute Gasteiger partial charge is 0.104 e. The lowest BCUT2D eigenvalue weighted by atomic mass is 9.80. The van der Waals surface area contributed by atoms with E-state index in [9.17, 15) is 5.11 Å². The van der Waals surface area contributed by atoms with Crippen LogP contribution in [0.15, 0.2) is 46.9 Å². The summed E-state index contributed by atoms with van der Waals surface area (Å²) < 4.78 is 1.04. The quantitative estimate of drug-likeness (QED) is 0.829. The van der Waals surface area contributed by atoms with Gasteiger partial charge in [0.25, 0.3) is 0 Å². The zero-order chi connectivity index (χ0) is 14.1. The van der Waals surface area contributed by atoms with E-state index in [1.165, 1.54) is 24.8 Å². The van der Waals surface area contributed by atoms with Gasteiger partial charge in [-0.25, -0.2) is 0 Å². The van der Waals surface area contributed by atoms with Gasteiger partial charge in [-0.2, -0.15) is 0 Å². The lowest BCUT2D eigenvalue weighted by molar-refractivity contribution is 0.219. The predicted molar refractivity (Wildman–Crippen MR) is 86.0 cm³/mol. The van der Waals surface area contributed by atoms with Gasteiger partial charge in [-0.1, -0.05) is 58.7 Å². The number of hydrogen-bond donors (Lipinski definition) is 1. The van der Waals surface area contributed by atoms with Crippen molar-refractivity contribution in [1.29, 1.82) is 0 Å². The Morgan fingerprint density at radius 3 is 2.40 bits per heavy atom. The van der Waals surface area contributed by atoms with E-state index in [1.54, 1.807) is 0 Å². The molecule has 1 aliphatic rings. The van der Waals surface area contributed by atoms with Crippen LogP contribution in [0.3, 0.4) is 0 Å². The lowest BCUT2D eigenvalue weighted by Crippen LogP contribution is -2.09. The summed E-state index contributed by atoms with van der Waals surface area (Å²) in [5.74, 6) is 0.744. The Morgan fingerprint density at radius 1 is 1.10 bits per heavy atom. The minimum atomic E-state index is -0.553. The molecule has 1 N–H and O–H groups in total. The van der Waals surface area contributed by atoms with Gasteiger partial charge >= 0.3 is 0 Å². The van der Waals surface area contributed by atoms with Gasteiger partial charge in [0.1, 0.15) is 6.10 Å². The van der Waals surface area contributed by atoms with Crippen LogP contribution in [0.5, 0.6) is 0 Å². The molecule has 104 valence electrons. The molecule has 2 heteroatoms. The van der Waals surface area contributed by atoms with E-state index in [1.807, 2.05) is 25.1 Å². The summed E-state index contributed by atoms with van der Waals surface area (Å²) in [5, 5.41) is 10.6. The van der Waals surface area contributed by atoms with Crippen LogP contribution >= 0.6 is 15.9 Å². The van der Waals surface area contributed by atoms with Crippen LogP contribution in [0, 0.1) is 6.92 Å². The summed E-state index contributed by atoms with van der Waals surface area (Å²) in [6, 6.07) is 14.5. The fourth-order valence-corrected chi connectivity index (χ4v) is 3.17. The molecule has 1 fully saturated rings. The molecule has 0 aromatic heterocycles. The monoisotopic (exact) mass is 330 g/mol. The highest BCUT2D eigenvalue weighted by molar-refractivity contribution is 9.10. The van der Waals surface area contributed by atoms with E-state index in [2.05, 4.69) is 40.2 Å². The Bertz CT molecular complexity index is 599. The Kier molecular flexibility index (Phi) is 3.95. The number of aliphatic hydroxyl groups is 1.